The Labute approximate surface area is 183 Å². The highest BCUT2D eigenvalue weighted by atomic mass is 19.3. The molecule has 32 heavy (non-hydrogen) atoms. The molecule has 8 nitrogen and oxygen atoms in total. The van der Waals surface area contributed by atoms with Gasteiger partial charge in [-0.3, -0.25) is 0 Å². The van der Waals surface area contributed by atoms with Gasteiger partial charge in [-0.2, -0.15) is 0 Å². The van der Waals surface area contributed by atoms with E-state index in [0.717, 1.165) is 33.8 Å². The van der Waals surface area contributed by atoms with Crippen LogP contribution in [0, 0.1) is 6.92 Å². The Morgan fingerprint density at radius 1 is 1.19 bits per heavy atom. The summed E-state index contributed by atoms with van der Waals surface area (Å²) in [5.74, 6) is -1.22. The number of alkyl halides is 2. The summed E-state index contributed by atoms with van der Waals surface area (Å²) in [6, 6.07) is 5.82. The Bertz CT molecular complexity index is 1260. The number of hydrogen-bond acceptors (Lipinski definition) is 6. The number of hydrogen-bond donors (Lipinski definition) is 1. The first-order chi connectivity index (χ1) is 15.4. The molecule has 0 unspecified atom stereocenters. The lowest BCUT2D eigenvalue weighted by atomic mass is 9.92. The summed E-state index contributed by atoms with van der Waals surface area (Å²) in [6.45, 7) is 3.22. The molecular formula is C22H25F2N7O. The average molecular weight is 441 g/mol. The molecule has 0 atom stereocenters. The SMILES string of the molecule is COCCn1c(C)nc2ccc(-c3ccn4nc(NC5CCC(F)(F)CC5)ncc34)nc21. The summed E-state index contributed by atoms with van der Waals surface area (Å²) in [5, 5.41) is 7.72. The third-order valence-electron chi connectivity index (χ3n) is 6.05. The number of methoxy groups -OCH3 is 1. The van der Waals surface area contributed by atoms with Gasteiger partial charge in [0.05, 0.1) is 24.0 Å². The second-order valence-electron chi connectivity index (χ2n) is 8.26. The van der Waals surface area contributed by atoms with E-state index in [9.17, 15) is 8.78 Å². The highest BCUT2D eigenvalue weighted by Gasteiger charge is 2.35. The van der Waals surface area contributed by atoms with Crippen LogP contribution in [0.1, 0.15) is 31.5 Å². The van der Waals surface area contributed by atoms with Crippen molar-refractivity contribution >= 4 is 22.6 Å². The predicted molar refractivity (Wildman–Crippen MR) is 117 cm³/mol. The molecule has 4 aromatic heterocycles. The zero-order valence-corrected chi connectivity index (χ0v) is 18.1. The smallest absolute Gasteiger partial charge is 0.248 e. The van der Waals surface area contributed by atoms with Crippen molar-refractivity contribution in [1.82, 2.24) is 29.1 Å². The number of nitrogens with one attached hydrogen (secondary N) is 1. The van der Waals surface area contributed by atoms with Gasteiger partial charge in [0.25, 0.3) is 0 Å². The number of ether oxygens (including phenoxy) is 1. The second kappa shape index (κ2) is 8.09. The van der Waals surface area contributed by atoms with Gasteiger partial charge in [-0.15, -0.1) is 5.10 Å². The molecule has 4 heterocycles. The van der Waals surface area contributed by atoms with Gasteiger partial charge in [-0.25, -0.2) is 28.2 Å². The van der Waals surface area contributed by atoms with Gasteiger partial charge < -0.3 is 14.6 Å². The number of fused-ring (bicyclic) bond motifs is 2. The third kappa shape index (κ3) is 3.90. The normalized spacial score (nSPS) is 16.8. The number of imidazole rings is 1. The fourth-order valence-electron chi connectivity index (χ4n) is 4.27. The number of halogens is 2. The lowest BCUT2D eigenvalue weighted by Crippen LogP contribution is -2.32. The monoisotopic (exact) mass is 441 g/mol. The first-order valence-electron chi connectivity index (χ1n) is 10.8. The van der Waals surface area contributed by atoms with Gasteiger partial charge in [0.15, 0.2) is 5.65 Å². The minimum atomic E-state index is -2.55. The number of aromatic nitrogens is 6. The first-order valence-corrected chi connectivity index (χ1v) is 10.8. The van der Waals surface area contributed by atoms with Crippen molar-refractivity contribution in [2.75, 3.05) is 19.0 Å². The summed E-state index contributed by atoms with van der Waals surface area (Å²) in [7, 11) is 1.67. The highest BCUT2D eigenvalue weighted by molar-refractivity contribution is 5.82. The van der Waals surface area contributed by atoms with Crippen molar-refractivity contribution in [1.29, 1.82) is 0 Å². The summed E-state index contributed by atoms with van der Waals surface area (Å²) in [6.07, 6.45) is 4.20. The lowest BCUT2D eigenvalue weighted by molar-refractivity contribution is -0.0361. The molecule has 1 aliphatic carbocycles. The minimum absolute atomic E-state index is 0.0400. The molecule has 1 aliphatic rings. The molecule has 1 N–H and O–H groups in total. The van der Waals surface area contributed by atoms with Crippen LogP contribution in [0.4, 0.5) is 14.7 Å². The van der Waals surface area contributed by atoms with Crippen LogP contribution in [0.5, 0.6) is 0 Å². The summed E-state index contributed by atoms with van der Waals surface area (Å²) in [5.41, 5.74) is 4.18. The molecule has 168 valence electrons. The van der Waals surface area contributed by atoms with Crippen molar-refractivity contribution in [2.45, 2.75) is 51.1 Å². The maximum atomic E-state index is 13.4. The molecule has 10 heteroatoms. The molecule has 0 bridgehead atoms. The fourth-order valence-corrected chi connectivity index (χ4v) is 4.27. The summed E-state index contributed by atoms with van der Waals surface area (Å²) in [4.78, 5) is 13.9. The molecule has 4 aromatic rings. The molecule has 5 rings (SSSR count). The van der Waals surface area contributed by atoms with Crippen molar-refractivity contribution in [3.8, 4) is 11.3 Å². The maximum Gasteiger partial charge on any atom is 0.248 e. The molecule has 0 aromatic carbocycles. The molecule has 0 radical (unpaired) electrons. The van der Waals surface area contributed by atoms with Crippen LogP contribution in [-0.4, -0.2) is 54.8 Å². The molecular weight excluding hydrogens is 416 g/mol. The van der Waals surface area contributed by atoms with Crippen LogP contribution in [-0.2, 0) is 11.3 Å². The van der Waals surface area contributed by atoms with Gasteiger partial charge in [0.1, 0.15) is 11.3 Å². The van der Waals surface area contributed by atoms with E-state index in [1.165, 1.54) is 0 Å². The van der Waals surface area contributed by atoms with Crippen LogP contribution >= 0.6 is 0 Å². The summed E-state index contributed by atoms with van der Waals surface area (Å²) < 4.78 is 35.8. The molecule has 1 saturated carbocycles. The van der Waals surface area contributed by atoms with E-state index in [1.54, 1.807) is 17.8 Å². The van der Waals surface area contributed by atoms with E-state index >= 15 is 0 Å². The Morgan fingerprint density at radius 3 is 2.78 bits per heavy atom. The third-order valence-corrected chi connectivity index (χ3v) is 6.05. The Kier molecular flexibility index (Phi) is 5.24. The van der Waals surface area contributed by atoms with Crippen molar-refractivity contribution in [3.63, 3.8) is 0 Å². The van der Waals surface area contributed by atoms with E-state index < -0.39 is 5.92 Å². The van der Waals surface area contributed by atoms with Crippen molar-refractivity contribution in [3.05, 3.63) is 36.4 Å². The number of aryl methyl sites for hydroxylation is 1. The second-order valence-corrected chi connectivity index (χ2v) is 8.26. The highest BCUT2D eigenvalue weighted by Crippen LogP contribution is 2.34. The van der Waals surface area contributed by atoms with E-state index in [1.807, 2.05) is 35.9 Å². The zero-order chi connectivity index (χ0) is 22.3. The predicted octanol–water partition coefficient (Wildman–Crippen LogP) is 4.09. The number of rotatable bonds is 6. The zero-order valence-electron chi connectivity index (χ0n) is 18.1. The number of anilines is 1. The van der Waals surface area contributed by atoms with Gasteiger partial charge >= 0.3 is 0 Å². The maximum absolute atomic E-state index is 13.4. The van der Waals surface area contributed by atoms with Crippen LogP contribution in [0.25, 0.3) is 27.9 Å². The number of pyridine rings is 1. The van der Waals surface area contributed by atoms with Gasteiger partial charge in [-0.1, -0.05) is 0 Å². The minimum Gasteiger partial charge on any atom is -0.383 e. The molecule has 1 fully saturated rings. The fraction of sp³-hybridized carbons (Fsp3) is 0.455. The van der Waals surface area contributed by atoms with Crippen LogP contribution < -0.4 is 5.32 Å². The molecule has 0 aliphatic heterocycles. The van der Waals surface area contributed by atoms with E-state index in [2.05, 4.69) is 20.4 Å². The molecule has 0 saturated heterocycles. The Balaban J connectivity index is 1.42. The average Bonchev–Trinajstić information content (AvgIpc) is 3.33. The van der Waals surface area contributed by atoms with Crippen molar-refractivity contribution < 1.29 is 13.5 Å². The Morgan fingerprint density at radius 2 is 2.00 bits per heavy atom. The van der Waals surface area contributed by atoms with Crippen molar-refractivity contribution in [2.24, 2.45) is 0 Å². The van der Waals surface area contributed by atoms with Gasteiger partial charge in [0.2, 0.25) is 11.9 Å². The van der Waals surface area contributed by atoms with Crippen LogP contribution in [0.15, 0.2) is 30.6 Å². The number of nitrogens with zero attached hydrogens (tertiary/aromatic N) is 6. The quantitative estimate of drug-likeness (QED) is 0.485. The lowest BCUT2D eigenvalue weighted by Gasteiger charge is -2.28. The van der Waals surface area contributed by atoms with Gasteiger partial charge in [0, 0.05) is 44.3 Å². The van der Waals surface area contributed by atoms with Gasteiger partial charge in [-0.05, 0) is 38.0 Å². The van der Waals surface area contributed by atoms with Crippen LogP contribution in [0.2, 0.25) is 0 Å². The standard InChI is InChI=1S/C22H25F2N7O/c1-14-26-18-4-3-17(28-20(18)30(14)11-12-32-2)16-7-10-31-19(16)13-25-21(29-31)27-15-5-8-22(23,24)9-6-15/h3-4,7,10,13,15H,5-6,8-9,11-12H2,1-2H3,(H,27,29). The first kappa shape index (κ1) is 20.7. The van der Waals surface area contributed by atoms with E-state index in [0.29, 0.717) is 31.9 Å². The molecule has 0 spiro atoms. The largest absolute Gasteiger partial charge is 0.383 e. The summed E-state index contributed by atoms with van der Waals surface area (Å²) >= 11 is 0. The Hall–Kier alpha value is -3.14. The van der Waals surface area contributed by atoms with E-state index in [-0.39, 0.29) is 18.9 Å². The topological polar surface area (TPSA) is 82.2 Å². The van der Waals surface area contributed by atoms with Crippen LogP contribution in [0.3, 0.4) is 0 Å². The molecule has 0 amide bonds. The van der Waals surface area contributed by atoms with E-state index in [4.69, 9.17) is 9.72 Å².